The van der Waals surface area contributed by atoms with Gasteiger partial charge < -0.3 is 9.84 Å². The van der Waals surface area contributed by atoms with Crippen LogP contribution in [0.4, 0.5) is 5.13 Å². The third-order valence-electron chi connectivity index (χ3n) is 6.68. The number of ketones is 1. The molecule has 38 heavy (non-hydrogen) atoms. The van der Waals surface area contributed by atoms with Crippen molar-refractivity contribution in [2.24, 2.45) is 0 Å². The molecule has 1 aliphatic heterocycles. The van der Waals surface area contributed by atoms with Gasteiger partial charge in [0.15, 0.2) is 5.13 Å². The van der Waals surface area contributed by atoms with Gasteiger partial charge in [-0.2, -0.15) is 0 Å². The van der Waals surface area contributed by atoms with Crippen LogP contribution in [0.3, 0.4) is 0 Å². The second kappa shape index (κ2) is 10.4. The van der Waals surface area contributed by atoms with E-state index >= 15 is 0 Å². The number of aliphatic hydroxyl groups excluding tert-OH is 1. The van der Waals surface area contributed by atoms with Crippen molar-refractivity contribution in [1.29, 1.82) is 0 Å². The number of nitrogens with zero attached hydrogens (tertiary/aromatic N) is 2. The lowest BCUT2D eigenvalue weighted by molar-refractivity contribution is -0.132. The summed E-state index contributed by atoms with van der Waals surface area (Å²) in [6.07, 6.45) is 0.843. The predicted octanol–water partition coefficient (Wildman–Crippen LogP) is 7.14. The summed E-state index contributed by atoms with van der Waals surface area (Å²) in [7, 11) is 0. The number of carbonyl (C=O) groups is 2. The van der Waals surface area contributed by atoms with Gasteiger partial charge in [0, 0.05) is 5.56 Å². The van der Waals surface area contributed by atoms with Crippen LogP contribution >= 0.6 is 11.3 Å². The fraction of sp³-hybridized carbons (Fsp3) is 0.258. The van der Waals surface area contributed by atoms with Crippen LogP contribution in [0.2, 0.25) is 0 Å². The molecule has 1 aliphatic rings. The van der Waals surface area contributed by atoms with Gasteiger partial charge >= 0.3 is 5.91 Å². The first-order valence-corrected chi connectivity index (χ1v) is 13.6. The lowest BCUT2D eigenvalue weighted by Crippen LogP contribution is -2.29. The molecule has 1 saturated heterocycles. The maximum Gasteiger partial charge on any atom is 0.301 e. The molecule has 7 heteroatoms. The Morgan fingerprint density at radius 2 is 1.84 bits per heavy atom. The summed E-state index contributed by atoms with van der Waals surface area (Å²) >= 11 is 1.36. The Morgan fingerprint density at radius 3 is 2.55 bits per heavy atom. The first kappa shape index (κ1) is 25.7. The largest absolute Gasteiger partial charge is 0.507 e. The van der Waals surface area contributed by atoms with E-state index in [1.54, 1.807) is 24.3 Å². The fourth-order valence-corrected chi connectivity index (χ4v) is 5.73. The number of rotatable bonds is 7. The molecule has 0 radical (unpaired) electrons. The second-order valence-electron chi connectivity index (χ2n) is 9.83. The number of Topliss-reactive ketones (excluding diaryl/α,β-unsaturated/α-hetero) is 1. The Morgan fingerprint density at radius 1 is 1.08 bits per heavy atom. The van der Waals surface area contributed by atoms with Crippen LogP contribution < -0.4 is 9.64 Å². The number of amides is 1. The number of carbonyl (C=O) groups excluding carboxylic acids is 2. The molecule has 194 valence electrons. The zero-order valence-corrected chi connectivity index (χ0v) is 22.7. The smallest absolute Gasteiger partial charge is 0.301 e. The molecule has 0 saturated carbocycles. The highest BCUT2D eigenvalue weighted by Gasteiger charge is 2.48. The number of thiazole rings is 1. The lowest BCUT2D eigenvalue weighted by Gasteiger charge is -2.23. The van der Waals surface area contributed by atoms with Crippen molar-refractivity contribution in [1.82, 2.24) is 4.98 Å². The molecule has 1 N–H and O–H groups in total. The van der Waals surface area contributed by atoms with Crippen molar-refractivity contribution in [3.8, 4) is 5.75 Å². The van der Waals surface area contributed by atoms with Gasteiger partial charge in [0.25, 0.3) is 5.78 Å². The number of anilines is 1. The summed E-state index contributed by atoms with van der Waals surface area (Å²) in [5, 5.41) is 11.9. The van der Waals surface area contributed by atoms with Crippen LogP contribution in [-0.2, 0) is 9.59 Å². The van der Waals surface area contributed by atoms with Crippen LogP contribution in [0, 0.1) is 6.92 Å². The zero-order valence-electron chi connectivity index (χ0n) is 21.9. The van der Waals surface area contributed by atoms with Gasteiger partial charge in [0.2, 0.25) is 0 Å². The summed E-state index contributed by atoms with van der Waals surface area (Å²) in [4.78, 5) is 33.2. The average Bonchev–Trinajstić information content (AvgIpc) is 3.44. The van der Waals surface area contributed by atoms with E-state index in [1.165, 1.54) is 16.2 Å². The van der Waals surface area contributed by atoms with E-state index in [4.69, 9.17) is 9.72 Å². The Kier molecular flexibility index (Phi) is 7.04. The van der Waals surface area contributed by atoms with Crippen molar-refractivity contribution in [3.63, 3.8) is 0 Å². The summed E-state index contributed by atoms with van der Waals surface area (Å²) in [6.45, 7) is 8.77. The first-order chi connectivity index (χ1) is 18.3. The average molecular weight is 527 g/mol. The number of benzene rings is 3. The Hall–Kier alpha value is -3.97. The summed E-state index contributed by atoms with van der Waals surface area (Å²) in [6, 6.07) is 19.9. The van der Waals surface area contributed by atoms with E-state index in [9.17, 15) is 14.7 Å². The summed E-state index contributed by atoms with van der Waals surface area (Å²) < 4.78 is 6.66. The van der Waals surface area contributed by atoms with Crippen LogP contribution in [0.1, 0.15) is 61.4 Å². The summed E-state index contributed by atoms with van der Waals surface area (Å²) in [5.41, 5.74) is 4.16. The van der Waals surface area contributed by atoms with Gasteiger partial charge in [0.05, 0.1) is 28.4 Å². The minimum Gasteiger partial charge on any atom is -0.507 e. The van der Waals surface area contributed by atoms with Crippen LogP contribution in [0.5, 0.6) is 5.75 Å². The van der Waals surface area contributed by atoms with Crippen molar-refractivity contribution >= 4 is 44.1 Å². The van der Waals surface area contributed by atoms with E-state index in [-0.39, 0.29) is 11.3 Å². The molecular weight excluding hydrogens is 496 g/mol. The standard InChI is InChI=1S/C31H30N2O4S/c1-5-15-37-23-8-6-7-22(17-23)28(34)26-27(21-12-10-20(11-13-21)18(2)3)33(30(36)29(26)35)31-32-24-14-9-19(4)16-25(24)38-31/h6-14,16-18,27,34H,5,15H2,1-4H3. The fourth-order valence-electron chi connectivity index (χ4n) is 4.64. The quantitative estimate of drug-likeness (QED) is 0.157. The number of fused-ring (bicyclic) bond motifs is 1. The molecule has 1 unspecified atom stereocenters. The zero-order chi connectivity index (χ0) is 27.0. The van der Waals surface area contributed by atoms with E-state index in [1.807, 2.05) is 56.3 Å². The number of aromatic nitrogens is 1. The van der Waals surface area contributed by atoms with E-state index in [0.29, 0.717) is 29.0 Å². The monoisotopic (exact) mass is 526 g/mol. The van der Waals surface area contributed by atoms with Crippen LogP contribution in [0.25, 0.3) is 16.0 Å². The molecule has 0 spiro atoms. The van der Waals surface area contributed by atoms with E-state index in [0.717, 1.165) is 33.3 Å². The minimum atomic E-state index is -0.821. The van der Waals surface area contributed by atoms with Gasteiger partial charge in [-0.3, -0.25) is 14.5 Å². The summed E-state index contributed by atoms with van der Waals surface area (Å²) in [5.74, 6) is -0.768. The van der Waals surface area contributed by atoms with E-state index < -0.39 is 17.7 Å². The molecule has 1 amide bonds. The van der Waals surface area contributed by atoms with Crippen LogP contribution in [-0.4, -0.2) is 28.4 Å². The number of ether oxygens (including phenoxy) is 1. The van der Waals surface area contributed by atoms with E-state index in [2.05, 4.69) is 13.8 Å². The van der Waals surface area contributed by atoms with Crippen molar-refractivity contribution in [2.45, 2.75) is 46.1 Å². The van der Waals surface area contributed by atoms with Crippen molar-refractivity contribution < 1.29 is 19.4 Å². The number of hydrogen-bond donors (Lipinski definition) is 1. The molecule has 5 rings (SSSR count). The van der Waals surface area contributed by atoms with Crippen molar-refractivity contribution in [2.75, 3.05) is 11.5 Å². The molecule has 1 atom stereocenters. The highest BCUT2D eigenvalue weighted by atomic mass is 32.1. The molecule has 1 fully saturated rings. The molecule has 0 aliphatic carbocycles. The van der Waals surface area contributed by atoms with Gasteiger partial charge in [-0.05, 0) is 60.2 Å². The maximum absolute atomic E-state index is 13.5. The molecule has 0 bridgehead atoms. The highest BCUT2D eigenvalue weighted by molar-refractivity contribution is 7.22. The number of hydrogen-bond acceptors (Lipinski definition) is 6. The van der Waals surface area contributed by atoms with Gasteiger partial charge in [-0.1, -0.05) is 74.6 Å². The Balaban J connectivity index is 1.68. The van der Waals surface area contributed by atoms with Gasteiger partial charge in [-0.15, -0.1) is 0 Å². The number of aliphatic hydroxyl groups is 1. The van der Waals surface area contributed by atoms with Crippen molar-refractivity contribution in [3.05, 3.63) is 94.6 Å². The Labute approximate surface area is 226 Å². The predicted molar refractivity (Wildman–Crippen MR) is 152 cm³/mol. The second-order valence-corrected chi connectivity index (χ2v) is 10.8. The van der Waals surface area contributed by atoms with Crippen LogP contribution in [0.15, 0.2) is 72.3 Å². The molecule has 2 heterocycles. The van der Waals surface area contributed by atoms with Gasteiger partial charge in [-0.25, -0.2) is 4.98 Å². The highest BCUT2D eigenvalue weighted by Crippen LogP contribution is 2.44. The molecular formula is C31H30N2O4S. The number of aryl methyl sites for hydroxylation is 1. The maximum atomic E-state index is 13.5. The first-order valence-electron chi connectivity index (χ1n) is 12.8. The normalized spacial score (nSPS) is 17.1. The third-order valence-corrected chi connectivity index (χ3v) is 7.70. The van der Waals surface area contributed by atoms with Gasteiger partial charge in [0.1, 0.15) is 11.5 Å². The third kappa shape index (κ3) is 4.70. The molecule has 4 aromatic rings. The molecule has 6 nitrogen and oxygen atoms in total. The lowest BCUT2D eigenvalue weighted by atomic mass is 9.93. The molecule has 1 aromatic heterocycles. The Bertz CT molecular complexity index is 1550. The molecule has 3 aromatic carbocycles. The SMILES string of the molecule is CCCOc1cccc(C(O)=C2C(=O)C(=O)N(c3nc4ccc(C)cc4s3)C2c2ccc(C(C)C)cc2)c1. The minimum absolute atomic E-state index is 0.0374. The topological polar surface area (TPSA) is 79.7 Å².